The number of rotatable bonds is 2. The Morgan fingerprint density at radius 2 is 1.53 bits per heavy atom. The molecule has 1 saturated carbocycles. The Labute approximate surface area is 104 Å². The van der Waals surface area contributed by atoms with Gasteiger partial charge in [0.2, 0.25) is 0 Å². The lowest BCUT2D eigenvalue weighted by Gasteiger charge is -2.15. The molecule has 0 N–H and O–H groups in total. The minimum Gasteiger partial charge on any atom is -0.294 e. The van der Waals surface area contributed by atoms with Crippen LogP contribution < -0.4 is 0 Å². The van der Waals surface area contributed by atoms with Gasteiger partial charge in [-0.2, -0.15) is 0 Å². The van der Waals surface area contributed by atoms with Crippen molar-refractivity contribution >= 4 is 5.78 Å². The SMILES string of the molecule is Cc1cc(C)c(C)c(C(=O)C2CC2(C)C)c1C. The van der Waals surface area contributed by atoms with Crippen LogP contribution in [0.1, 0.15) is 52.9 Å². The number of hydrogen-bond acceptors (Lipinski definition) is 1. The van der Waals surface area contributed by atoms with Gasteiger partial charge in [0.25, 0.3) is 0 Å². The molecule has 0 bridgehead atoms. The maximum atomic E-state index is 12.6. The maximum Gasteiger partial charge on any atom is 0.167 e. The van der Waals surface area contributed by atoms with Gasteiger partial charge in [0, 0.05) is 11.5 Å². The molecule has 2 rings (SSSR count). The Bertz CT molecular complexity index is 468. The zero-order valence-electron chi connectivity index (χ0n) is 11.8. The molecule has 1 aromatic rings. The molecule has 1 nitrogen and oxygen atoms in total. The smallest absolute Gasteiger partial charge is 0.167 e. The first-order valence-corrected chi connectivity index (χ1v) is 6.37. The molecule has 0 amide bonds. The molecule has 1 aromatic carbocycles. The molecule has 0 spiro atoms. The van der Waals surface area contributed by atoms with E-state index in [1.807, 2.05) is 0 Å². The van der Waals surface area contributed by atoms with Crippen molar-refractivity contribution in [2.45, 2.75) is 48.0 Å². The summed E-state index contributed by atoms with van der Waals surface area (Å²) in [5, 5.41) is 0. The summed E-state index contributed by atoms with van der Waals surface area (Å²) in [6.07, 6.45) is 1.04. The molecule has 1 unspecified atom stereocenters. The molecule has 0 aliphatic heterocycles. The van der Waals surface area contributed by atoms with E-state index in [1.54, 1.807) is 0 Å². The van der Waals surface area contributed by atoms with Crippen LogP contribution in [0.2, 0.25) is 0 Å². The Morgan fingerprint density at radius 3 is 1.88 bits per heavy atom. The fraction of sp³-hybridized carbons (Fsp3) is 0.562. The average Bonchev–Trinajstić information content (AvgIpc) is 2.85. The van der Waals surface area contributed by atoms with E-state index in [9.17, 15) is 4.79 Å². The molecule has 0 saturated heterocycles. The highest BCUT2D eigenvalue weighted by Crippen LogP contribution is 2.53. The Hall–Kier alpha value is -1.11. The van der Waals surface area contributed by atoms with Gasteiger partial charge in [-0.3, -0.25) is 4.79 Å². The van der Waals surface area contributed by atoms with Gasteiger partial charge < -0.3 is 0 Å². The van der Waals surface area contributed by atoms with Crippen LogP contribution in [0.25, 0.3) is 0 Å². The van der Waals surface area contributed by atoms with Gasteiger partial charge in [-0.25, -0.2) is 0 Å². The van der Waals surface area contributed by atoms with E-state index in [1.165, 1.54) is 22.3 Å². The van der Waals surface area contributed by atoms with Gasteiger partial charge >= 0.3 is 0 Å². The third kappa shape index (κ3) is 1.92. The predicted molar refractivity (Wildman–Crippen MR) is 71.6 cm³/mol. The second kappa shape index (κ2) is 3.69. The lowest BCUT2D eigenvalue weighted by molar-refractivity contribution is 0.0952. The van der Waals surface area contributed by atoms with Crippen LogP contribution in [0.5, 0.6) is 0 Å². The second-order valence-electron chi connectivity index (χ2n) is 6.24. The van der Waals surface area contributed by atoms with Crippen LogP contribution in [-0.4, -0.2) is 5.78 Å². The van der Waals surface area contributed by atoms with Crippen molar-refractivity contribution in [3.8, 4) is 0 Å². The van der Waals surface area contributed by atoms with Gasteiger partial charge in [-0.05, 0) is 61.8 Å². The summed E-state index contributed by atoms with van der Waals surface area (Å²) in [4.78, 5) is 12.6. The topological polar surface area (TPSA) is 17.1 Å². The second-order valence-corrected chi connectivity index (χ2v) is 6.24. The number of carbonyl (C=O) groups is 1. The van der Waals surface area contributed by atoms with Gasteiger partial charge in [0.1, 0.15) is 0 Å². The summed E-state index contributed by atoms with van der Waals surface area (Å²) >= 11 is 0. The van der Waals surface area contributed by atoms with E-state index < -0.39 is 0 Å². The van der Waals surface area contributed by atoms with E-state index in [0.29, 0.717) is 5.78 Å². The number of hydrogen-bond donors (Lipinski definition) is 0. The lowest BCUT2D eigenvalue weighted by atomic mass is 9.89. The van der Waals surface area contributed by atoms with Crippen molar-refractivity contribution in [3.63, 3.8) is 0 Å². The van der Waals surface area contributed by atoms with E-state index in [0.717, 1.165) is 12.0 Å². The molecular weight excluding hydrogens is 208 g/mol. The number of carbonyl (C=O) groups excluding carboxylic acids is 1. The molecule has 0 radical (unpaired) electrons. The van der Waals surface area contributed by atoms with Crippen molar-refractivity contribution in [1.82, 2.24) is 0 Å². The first kappa shape index (κ1) is 12.3. The monoisotopic (exact) mass is 230 g/mol. The van der Waals surface area contributed by atoms with E-state index in [4.69, 9.17) is 0 Å². The highest BCUT2D eigenvalue weighted by Gasteiger charge is 2.51. The number of benzene rings is 1. The summed E-state index contributed by atoms with van der Waals surface area (Å²) in [6, 6.07) is 2.18. The van der Waals surface area contributed by atoms with Gasteiger partial charge in [0.15, 0.2) is 5.78 Å². The van der Waals surface area contributed by atoms with Crippen LogP contribution in [0.3, 0.4) is 0 Å². The molecule has 1 atom stereocenters. The third-order valence-electron chi connectivity index (χ3n) is 4.44. The number of ketones is 1. The normalized spacial score (nSPS) is 21.4. The van der Waals surface area contributed by atoms with Crippen LogP contribution in [0, 0.1) is 39.0 Å². The largest absolute Gasteiger partial charge is 0.294 e. The maximum absolute atomic E-state index is 12.6. The number of Topliss-reactive ketones (excluding diaryl/α,β-unsaturated/α-hetero) is 1. The van der Waals surface area contributed by atoms with Crippen LogP contribution in [-0.2, 0) is 0 Å². The minimum atomic E-state index is 0.216. The first-order valence-electron chi connectivity index (χ1n) is 6.37. The molecule has 1 heteroatoms. The zero-order chi connectivity index (χ0) is 13.0. The van der Waals surface area contributed by atoms with Crippen molar-refractivity contribution in [2.75, 3.05) is 0 Å². The highest BCUT2D eigenvalue weighted by molar-refractivity contribution is 6.03. The van der Waals surface area contributed by atoms with E-state index in [-0.39, 0.29) is 11.3 Å². The summed E-state index contributed by atoms with van der Waals surface area (Å²) < 4.78 is 0. The lowest BCUT2D eigenvalue weighted by Crippen LogP contribution is -2.12. The Balaban J connectivity index is 2.49. The van der Waals surface area contributed by atoms with Crippen LogP contribution >= 0.6 is 0 Å². The first-order chi connectivity index (χ1) is 7.75. The van der Waals surface area contributed by atoms with Crippen molar-refractivity contribution < 1.29 is 4.79 Å². The van der Waals surface area contributed by atoms with Crippen molar-refractivity contribution in [2.24, 2.45) is 11.3 Å². The highest BCUT2D eigenvalue weighted by atomic mass is 16.1. The fourth-order valence-corrected chi connectivity index (χ4v) is 2.68. The van der Waals surface area contributed by atoms with E-state index in [2.05, 4.69) is 47.6 Å². The van der Waals surface area contributed by atoms with Crippen molar-refractivity contribution in [3.05, 3.63) is 33.9 Å². The molecule has 1 fully saturated rings. The third-order valence-corrected chi connectivity index (χ3v) is 4.44. The van der Waals surface area contributed by atoms with E-state index >= 15 is 0 Å². The van der Waals surface area contributed by atoms with Gasteiger partial charge in [-0.15, -0.1) is 0 Å². The predicted octanol–water partition coefficient (Wildman–Crippen LogP) is 4.15. The standard InChI is InChI=1S/C16H22O/c1-9-7-10(2)12(4)14(11(9)3)15(17)13-8-16(13,5)6/h7,13H,8H2,1-6H3. The Kier molecular flexibility index (Phi) is 2.68. The Morgan fingerprint density at radius 1 is 1.12 bits per heavy atom. The molecule has 0 aromatic heterocycles. The molecule has 0 heterocycles. The molecule has 17 heavy (non-hydrogen) atoms. The summed E-state index contributed by atoms with van der Waals surface area (Å²) in [5.74, 6) is 0.595. The number of aryl methyl sites for hydroxylation is 2. The van der Waals surface area contributed by atoms with Crippen LogP contribution in [0.15, 0.2) is 6.07 Å². The molecule has 1 aliphatic rings. The minimum absolute atomic E-state index is 0.216. The van der Waals surface area contributed by atoms with Crippen LogP contribution in [0.4, 0.5) is 0 Å². The quantitative estimate of drug-likeness (QED) is 0.698. The summed E-state index contributed by atoms with van der Waals surface area (Å²) in [5.41, 5.74) is 6.00. The van der Waals surface area contributed by atoms with Crippen molar-refractivity contribution in [1.29, 1.82) is 0 Å². The molecule has 1 aliphatic carbocycles. The summed E-state index contributed by atoms with van der Waals surface area (Å²) in [6.45, 7) is 12.7. The van der Waals surface area contributed by atoms with Gasteiger partial charge in [-0.1, -0.05) is 19.9 Å². The fourth-order valence-electron chi connectivity index (χ4n) is 2.68. The average molecular weight is 230 g/mol. The molecule has 92 valence electrons. The summed E-state index contributed by atoms with van der Waals surface area (Å²) in [7, 11) is 0. The molecular formula is C16H22O. The zero-order valence-corrected chi connectivity index (χ0v) is 11.8. The van der Waals surface area contributed by atoms with Gasteiger partial charge in [0.05, 0.1) is 0 Å².